The van der Waals surface area contributed by atoms with Crippen molar-refractivity contribution in [2.24, 2.45) is 0 Å². The molecule has 0 aromatic heterocycles. The van der Waals surface area contributed by atoms with Crippen LogP contribution in [0.5, 0.6) is 5.75 Å². The summed E-state index contributed by atoms with van der Waals surface area (Å²) in [5, 5.41) is 7.02. The van der Waals surface area contributed by atoms with Crippen molar-refractivity contribution in [2.75, 3.05) is 15.1 Å². The topological polar surface area (TPSA) is 61.9 Å². The number of benzene rings is 15. The van der Waals surface area contributed by atoms with Crippen LogP contribution in [0, 0.1) is 0 Å². The van der Waals surface area contributed by atoms with Crippen molar-refractivity contribution in [1.82, 2.24) is 0 Å². The summed E-state index contributed by atoms with van der Waals surface area (Å²) in [5.41, 5.74) is 13.6. The number of nitrogens with one attached hydrogen (secondary N) is 1. The molecule has 497 valence electrons. The number of anilines is 8. The summed E-state index contributed by atoms with van der Waals surface area (Å²) >= 11 is 5.82. The molecular formula is C88H68ClF4N3O3SY. The fourth-order valence-corrected chi connectivity index (χ4v) is 12.4. The van der Waals surface area contributed by atoms with E-state index in [2.05, 4.69) is 310 Å². The van der Waals surface area contributed by atoms with Gasteiger partial charge in [0.05, 0.1) is 5.69 Å². The Bertz CT molecular complexity index is 5230. The molecule has 0 atom stereocenters. The molecule has 0 saturated heterocycles. The van der Waals surface area contributed by atoms with Gasteiger partial charge >= 0.3 is 15.6 Å². The van der Waals surface area contributed by atoms with Crippen LogP contribution in [-0.2, 0) is 42.8 Å². The van der Waals surface area contributed by atoms with E-state index in [-0.39, 0.29) is 61.5 Å². The van der Waals surface area contributed by atoms with Crippen LogP contribution in [0.1, 0.15) is 7.43 Å². The SMILES string of the molecule is C.F.O=S(=O)(Oc1c(-c2ccc(Cl)cc2)ccc2ccccc12)C(F)(F)F.[Y].c1ccc(-c2ccc(N(c3ccccc3)c3ccc(-c4ccc5ccccc5c4N(c4ccccc4)c4ccc(-c5ccccc5)cc4)cc3)cc2)cc1.c1ccc(Nc2ccc(-c3ccccc3)cc2)cc1. The van der Waals surface area contributed by atoms with Crippen LogP contribution in [-0.4, -0.2) is 13.9 Å². The Kier molecular flexibility index (Phi) is 24.3. The summed E-state index contributed by atoms with van der Waals surface area (Å²) in [6, 6.07) is 127. The average molecular weight is 1450 g/mol. The van der Waals surface area contributed by atoms with Gasteiger partial charge in [-0.2, -0.15) is 21.6 Å². The summed E-state index contributed by atoms with van der Waals surface area (Å²) in [7, 11) is -5.81. The minimum absolute atomic E-state index is 0. The van der Waals surface area contributed by atoms with E-state index < -0.39 is 15.6 Å². The average Bonchev–Trinajstić information content (AvgIpc) is 0.759. The fourth-order valence-electron chi connectivity index (χ4n) is 11.8. The zero-order chi connectivity index (χ0) is 67.3. The molecule has 1 N–H and O–H groups in total. The van der Waals surface area contributed by atoms with Crippen molar-refractivity contribution in [3.8, 4) is 61.4 Å². The monoisotopic (exact) mass is 1450 g/mol. The molecule has 0 saturated carbocycles. The second-order valence-electron chi connectivity index (χ2n) is 23.0. The predicted octanol–water partition coefficient (Wildman–Crippen LogP) is 26.1. The Morgan fingerprint density at radius 2 is 0.624 bits per heavy atom. The normalized spacial score (nSPS) is 10.8. The van der Waals surface area contributed by atoms with Crippen molar-refractivity contribution in [2.45, 2.75) is 12.9 Å². The van der Waals surface area contributed by atoms with E-state index in [1.54, 1.807) is 48.5 Å². The first-order valence-electron chi connectivity index (χ1n) is 31.8. The van der Waals surface area contributed by atoms with E-state index in [1.165, 1.54) is 56.3 Å². The van der Waals surface area contributed by atoms with E-state index in [0.717, 1.165) is 56.6 Å². The molecule has 15 aromatic carbocycles. The van der Waals surface area contributed by atoms with Gasteiger partial charge in [0.25, 0.3) is 0 Å². The van der Waals surface area contributed by atoms with E-state index in [9.17, 15) is 21.6 Å². The molecule has 0 unspecified atom stereocenters. The van der Waals surface area contributed by atoms with Crippen LogP contribution < -0.4 is 19.3 Å². The molecule has 6 nitrogen and oxygen atoms in total. The molecule has 0 spiro atoms. The first-order valence-corrected chi connectivity index (χ1v) is 33.6. The quantitative estimate of drug-likeness (QED) is 0.0627. The number of hydrogen-bond acceptors (Lipinski definition) is 6. The molecule has 0 heterocycles. The van der Waals surface area contributed by atoms with Gasteiger partial charge in [-0.05, 0) is 158 Å². The second-order valence-corrected chi connectivity index (χ2v) is 25.0. The molecule has 15 aromatic rings. The summed E-state index contributed by atoms with van der Waals surface area (Å²) in [6.07, 6.45) is 0. The largest absolute Gasteiger partial charge is 0.534 e. The number of para-hydroxylation sites is 3. The van der Waals surface area contributed by atoms with Gasteiger partial charge in [-0.3, -0.25) is 4.70 Å². The molecular weight excluding hydrogens is 1380 g/mol. The summed E-state index contributed by atoms with van der Waals surface area (Å²) < 4.78 is 65.9. The zero-order valence-corrected chi connectivity index (χ0v) is 58.2. The fraction of sp³-hybridized carbons (Fsp3) is 0.0227. The zero-order valence-electron chi connectivity index (χ0n) is 53.8. The molecule has 101 heavy (non-hydrogen) atoms. The minimum Gasteiger partial charge on any atom is -0.375 e. The van der Waals surface area contributed by atoms with E-state index in [4.69, 9.17) is 11.6 Å². The summed E-state index contributed by atoms with van der Waals surface area (Å²) in [4.78, 5) is 4.73. The summed E-state index contributed by atoms with van der Waals surface area (Å²) in [6.45, 7) is 0. The molecule has 0 fully saturated rings. The van der Waals surface area contributed by atoms with Crippen molar-refractivity contribution in [1.29, 1.82) is 0 Å². The summed E-state index contributed by atoms with van der Waals surface area (Å²) in [5.74, 6) is -0.377. The Morgan fingerprint density at radius 3 is 1.08 bits per heavy atom. The maximum atomic E-state index is 12.8. The second kappa shape index (κ2) is 33.8. The van der Waals surface area contributed by atoms with Gasteiger partial charge in [-0.15, -0.1) is 0 Å². The van der Waals surface area contributed by atoms with E-state index >= 15 is 0 Å². The number of halogens is 5. The van der Waals surface area contributed by atoms with Crippen LogP contribution in [0.2, 0.25) is 5.02 Å². The molecule has 0 bridgehead atoms. The van der Waals surface area contributed by atoms with Crippen LogP contribution in [0.15, 0.2) is 376 Å². The van der Waals surface area contributed by atoms with Gasteiger partial charge in [0, 0.05) is 99.4 Å². The maximum Gasteiger partial charge on any atom is 0.534 e. The molecule has 0 amide bonds. The Morgan fingerprint density at radius 1 is 0.317 bits per heavy atom. The standard InChI is InChI=1S/C52H38N2.C18H15N.C17H10ClF3O3S.CH4.FH.Y/c1-5-15-39(16-6-1)41-25-32-47(33-26-41)53(45-20-9-3-10-21-45)48-36-29-44(30-37-48)51-38-31-43-19-13-14-24-50(43)52(51)54(46-22-11-4-12-23-46)49-34-27-42(28-35-49)40-17-7-2-8-18-40;1-3-7-15(8-4-1)16-11-13-18(14-12-16)19-17-9-5-2-6-10-17;18-13-8-5-12(6-9-13)15-10-7-11-3-1-2-4-14(11)16(15)24-25(22,23)17(19,20)21;;;/h1-38H;1-14,19H;1-10H;1H4;1H;. The third-order valence-electron chi connectivity index (χ3n) is 16.6. The van der Waals surface area contributed by atoms with Gasteiger partial charge in [0.15, 0.2) is 5.75 Å². The number of fused-ring (bicyclic) bond motifs is 2. The van der Waals surface area contributed by atoms with Crippen LogP contribution in [0.4, 0.5) is 63.4 Å². The molecule has 0 aliphatic heterocycles. The van der Waals surface area contributed by atoms with E-state index in [1.807, 2.05) is 24.3 Å². The maximum absolute atomic E-state index is 12.8. The van der Waals surface area contributed by atoms with E-state index in [0.29, 0.717) is 16.0 Å². The van der Waals surface area contributed by atoms with Crippen molar-refractivity contribution in [3.63, 3.8) is 0 Å². The Balaban J connectivity index is 0.000000193. The molecule has 1 radical (unpaired) electrons. The Hall–Kier alpha value is -10.9. The van der Waals surface area contributed by atoms with Crippen molar-refractivity contribution >= 4 is 88.8 Å². The van der Waals surface area contributed by atoms with Crippen LogP contribution in [0.3, 0.4) is 0 Å². The molecule has 15 rings (SSSR count). The smallest absolute Gasteiger partial charge is 0.375 e. The van der Waals surface area contributed by atoms with Crippen LogP contribution in [0.25, 0.3) is 77.2 Å². The molecule has 0 aliphatic carbocycles. The number of rotatable bonds is 15. The third kappa shape index (κ3) is 17.4. The number of alkyl halides is 3. The number of hydrogen-bond donors (Lipinski definition) is 1. The van der Waals surface area contributed by atoms with Crippen molar-refractivity contribution < 1.29 is 63.2 Å². The Labute approximate surface area is 617 Å². The predicted molar refractivity (Wildman–Crippen MR) is 410 cm³/mol. The van der Waals surface area contributed by atoms with Gasteiger partial charge in [-0.25, -0.2) is 0 Å². The molecule has 0 aliphatic rings. The first-order chi connectivity index (χ1) is 47.9. The van der Waals surface area contributed by atoms with Crippen LogP contribution >= 0.6 is 11.6 Å². The van der Waals surface area contributed by atoms with Crippen molar-refractivity contribution in [3.05, 3.63) is 381 Å². The first kappa shape index (κ1) is 72.8. The molecule has 13 heteroatoms. The van der Waals surface area contributed by atoms with Gasteiger partial charge in [0.1, 0.15) is 0 Å². The van der Waals surface area contributed by atoms with Gasteiger partial charge in [0.2, 0.25) is 0 Å². The number of nitrogens with zero attached hydrogens (tertiary/aromatic N) is 2. The third-order valence-corrected chi connectivity index (χ3v) is 17.8. The van der Waals surface area contributed by atoms with Gasteiger partial charge in [-0.1, -0.05) is 292 Å². The van der Waals surface area contributed by atoms with Gasteiger partial charge < -0.3 is 19.3 Å². The minimum atomic E-state index is -5.81.